The van der Waals surface area contributed by atoms with Crippen LogP contribution in [0.25, 0.3) is 11.2 Å². The number of aromatic nitrogens is 4. The van der Waals surface area contributed by atoms with Crippen molar-refractivity contribution >= 4 is 36.6 Å². The molecule has 0 radical (unpaired) electrons. The van der Waals surface area contributed by atoms with Crippen molar-refractivity contribution in [1.29, 1.82) is 0 Å². The summed E-state index contributed by atoms with van der Waals surface area (Å²) in [6, 6.07) is 7.54. The fraction of sp³-hybridized carbons (Fsp3) is 0.538. The van der Waals surface area contributed by atoms with Gasteiger partial charge < -0.3 is 35.3 Å². The number of ether oxygens (including phenoxy) is 2. The van der Waals surface area contributed by atoms with E-state index in [1.807, 2.05) is 0 Å². The summed E-state index contributed by atoms with van der Waals surface area (Å²) in [5, 5.41) is 27.2. The van der Waals surface area contributed by atoms with Gasteiger partial charge in [-0.25, -0.2) is 9.55 Å². The largest absolute Gasteiger partial charge is 0.462 e. The van der Waals surface area contributed by atoms with Gasteiger partial charge in [0, 0.05) is 6.04 Å². The summed E-state index contributed by atoms with van der Waals surface area (Å²) >= 11 is 0. The number of aliphatic hydroxyl groups is 2. The summed E-state index contributed by atoms with van der Waals surface area (Å²) in [7, 11) is -4.21. The molecule has 15 nitrogen and oxygen atoms in total. The van der Waals surface area contributed by atoms with Crippen LogP contribution in [-0.4, -0.2) is 79.3 Å². The van der Waals surface area contributed by atoms with Crippen LogP contribution in [0, 0.1) is 5.92 Å². The van der Waals surface area contributed by atoms with Gasteiger partial charge in [0.15, 0.2) is 17.0 Å². The lowest BCUT2D eigenvalue weighted by molar-refractivity contribution is -0.149. The van der Waals surface area contributed by atoms with Gasteiger partial charge in [-0.15, -0.1) is 0 Å². The van der Waals surface area contributed by atoms with Crippen LogP contribution >= 0.6 is 7.75 Å². The lowest BCUT2D eigenvalue weighted by Gasteiger charge is -2.25. The molecular formula is C26H36N7O8P. The number of nitrogens with zero attached hydrogens (tertiary/aromatic N) is 4. The molecule has 16 heteroatoms. The number of anilines is 2. The molecule has 3 aromatic rings. The minimum absolute atomic E-state index is 0.0292. The number of benzene rings is 1. The molecule has 0 amide bonds. The molecule has 6 atom stereocenters. The van der Waals surface area contributed by atoms with Crippen LogP contribution in [0.4, 0.5) is 11.8 Å². The molecule has 1 aliphatic heterocycles. The van der Waals surface area contributed by atoms with Crippen molar-refractivity contribution in [2.45, 2.75) is 70.2 Å². The van der Waals surface area contributed by atoms with E-state index in [1.54, 1.807) is 48.7 Å². The number of hydrogen-bond acceptors (Lipinski definition) is 13. The van der Waals surface area contributed by atoms with Gasteiger partial charge in [-0.2, -0.15) is 15.1 Å². The highest BCUT2D eigenvalue weighted by Crippen LogP contribution is 2.46. The van der Waals surface area contributed by atoms with Crippen LogP contribution in [0.3, 0.4) is 0 Å². The number of imidazole rings is 1. The van der Waals surface area contributed by atoms with Crippen LogP contribution in [0.2, 0.25) is 0 Å². The van der Waals surface area contributed by atoms with Crippen LogP contribution in [0.5, 0.6) is 5.75 Å². The van der Waals surface area contributed by atoms with Crippen LogP contribution < -0.4 is 20.7 Å². The Labute approximate surface area is 242 Å². The van der Waals surface area contributed by atoms with Crippen LogP contribution in [0.1, 0.15) is 39.8 Å². The fourth-order valence-corrected chi connectivity index (χ4v) is 6.06. The molecule has 0 bridgehead atoms. The minimum Gasteiger partial charge on any atom is -0.462 e. The number of nitrogens with one attached hydrogen (secondary N) is 2. The van der Waals surface area contributed by atoms with Gasteiger partial charge in [0.05, 0.1) is 37.7 Å². The Morgan fingerprint density at radius 2 is 1.98 bits per heavy atom. The second-order valence-corrected chi connectivity index (χ2v) is 12.3. The predicted octanol–water partition coefficient (Wildman–Crippen LogP) is 1.98. The zero-order chi connectivity index (χ0) is 30.0. The molecule has 0 unspecified atom stereocenters. The molecule has 1 saturated carbocycles. The Morgan fingerprint density at radius 3 is 2.64 bits per heavy atom. The number of para-hydroxylation sites is 1. The highest BCUT2D eigenvalue weighted by Gasteiger charge is 2.46. The summed E-state index contributed by atoms with van der Waals surface area (Å²) in [5.74, 6) is -0.704. The summed E-state index contributed by atoms with van der Waals surface area (Å²) in [5.41, 5.74) is 6.80. The third kappa shape index (κ3) is 6.83. The smallest absolute Gasteiger partial charge is 0.459 e. The van der Waals surface area contributed by atoms with E-state index in [2.05, 4.69) is 25.4 Å². The Kier molecular flexibility index (Phi) is 8.97. The van der Waals surface area contributed by atoms with Crippen molar-refractivity contribution in [3.8, 4) is 5.75 Å². The van der Waals surface area contributed by atoms with Gasteiger partial charge >= 0.3 is 13.7 Å². The molecule has 2 aromatic heterocycles. The van der Waals surface area contributed by atoms with E-state index < -0.39 is 57.3 Å². The number of nitrogens with two attached hydrogens (primary N) is 1. The SMILES string of the molecule is CC(C)OC(=O)[C@@H](C)N[P@@](=O)(OC[C@H]1O[C@@H](n2cnc3c(NC4CC4)nc(N)nc32)[C@@H](CO)[C@@H]1O)Oc1ccccc1. The summed E-state index contributed by atoms with van der Waals surface area (Å²) in [4.78, 5) is 25.5. The molecule has 2 aliphatic rings. The van der Waals surface area contributed by atoms with Gasteiger partial charge in [0.2, 0.25) is 5.95 Å². The number of carbonyl (C=O) groups excluding carboxylic acids is 1. The van der Waals surface area contributed by atoms with E-state index in [9.17, 15) is 19.6 Å². The lowest BCUT2D eigenvalue weighted by Crippen LogP contribution is -2.37. The normalized spacial score (nSPS) is 24.4. The van der Waals surface area contributed by atoms with Gasteiger partial charge in [0.25, 0.3) is 0 Å². The molecule has 3 heterocycles. The van der Waals surface area contributed by atoms with E-state index in [1.165, 1.54) is 13.3 Å². The summed E-state index contributed by atoms with van der Waals surface area (Å²) < 4.78 is 38.1. The maximum absolute atomic E-state index is 13.8. The Balaban J connectivity index is 1.35. The molecule has 1 saturated heterocycles. The first-order chi connectivity index (χ1) is 20.1. The third-order valence-corrected chi connectivity index (χ3v) is 8.42. The van der Waals surface area contributed by atoms with E-state index in [0.29, 0.717) is 23.0 Å². The van der Waals surface area contributed by atoms with Crippen molar-refractivity contribution in [2.75, 3.05) is 24.3 Å². The highest BCUT2D eigenvalue weighted by atomic mass is 31.2. The average molecular weight is 606 g/mol. The van der Waals surface area contributed by atoms with E-state index in [-0.39, 0.29) is 17.8 Å². The van der Waals surface area contributed by atoms with Crippen molar-refractivity contribution in [1.82, 2.24) is 24.6 Å². The molecule has 5 rings (SSSR count). The number of carbonyl (C=O) groups is 1. The van der Waals surface area contributed by atoms with E-state index >= 15 is 0 Å². The third-order valence-electron chi connectivity index (χ3n) is 6.78. The van der Waals surface area contributed by atoms with Crippen molar-refractivity contribution in [3.63, 3.8) is 0 Å². The monoisotopic (exact) mass is 605 g/mol. The van der Waals surface area contributed by atoms with Gasteiger partial charge in [-0.1, -0.05) is 18.2 Å². The lowest BCUT2D eigenvalue weighted by atomic mass is 10.0. The summed E-state index contributed by atoms with van der Waals surface area (Å²) in [6.07, 6.45) is -0.0474. The number of aliphatic hydroxyl groups excluding tert-OH is 2. The Hall–Kier alpha value is -3.33. The number of fused-ring (bicyclic) bond motifs is 1. The molecule has 1 aliphatic carbocycles. The fourth-order valence-electron chi connectivity index (χ4n) is 4.56. The number of nitrogen functional groups attached to an aromatic ring is 1. The number of esters is 1. The standard InChI is InChI=1S/C26H36N7O8P/c1-14(2)39-25(36)15(3)32-42(37,41-17-7-5-4-6-8-17)38-12-19-21(35)18(11-34)24(40-19)33-13-28-20-22(29-16-9-10-16)30-26(27)31-23(20)33/h4-8,13-16,18-19,21,24,34-35H,9-12H2,1-3H3,(H,32,37)(H3,27,29,30,31)/t15-,18+,19-,21+,24-,42-/m1/s1. The maximum atomic E-state index is 13.8. The highest BCUT2D eigenvalue weighted by molar-refractivity contribution is 7.52. The van der Waals surface area contributed by atoms with E-state index in [4.69, 9.17) is 24.3 Å². The van der Waals surface area contributed by atoms with Crippen molar-refractivity contribution < 1.29 is 38.1 Å². The van der Waals surface area contributed by atoms with Crippen molar-refractivity contribution in [3.05, 3.63) is 36.7 Å². The van der Waals surface area contributed by atoms with Gasteiger partial charge in [-0.3, -0.25) is 13.9 Å². The van der Waals surface area contributed by atoms with Gasteiger partial charge in [0.1, 0.15) is 24.1 Å². The number of hydrogen-bond donors (Lipinski definition) is 5. The van der Waals surface area contributed by atoms with Crippen LogP contribution in [-0.2, 0) is 23.4 Å². The maximum Gasteiger partial charge on any atom is 0.459 e. The first kappa shape index (κ1) is 30.1. The second kappa shape index (κ2) is 12.5. The zero-order valence-corrected chi connectivity index (χ0v) is 24.4. The molecular weight excluding hydrogens is 569 g/mol. The quantitative estimate of drug-likeness (QED) is 0.140. The molecule has 42 heavy (non-hydrogen) atoms. The minimum atomic E-state index is -4.21. The topological polar surface area (TPSA) is 205 Å². The second-order valence-electron chi connectivity index (χ2n) is 10.6. The molecule has 2 fully saturated rings. The molecule has 6 N–H and O–H groups in total. The Bertz CT molecular complexity index is 1440. The van der Waals surface area contributed by atoms with Crippen LogP contribution in [0.15, 0.2) is 36.7 Å². The average Bonchev–Trinajstić information content (AvgIpc) is 3.56. The zero-order valence-electron chi connectivity index (χ0n) is 23.5. The first-order valence-electron chi connectivity index (χ1n) is 13.8. The van der Waals surface area contributed by atoms with Crippen molar-refractivity contribution in [2.24, 2.45) is 5.92 Å². The predicted molar refractivity (Wildman–Crippen MR) is 151 cm³/mol. The molecule has 0 spiro atoms. The van der Waals surface area contributed by atoms with E-state index in [0.717, 1.165) is 12.8 Å². The number of rotatable bonds is 13. The summed E-state index contributed by atoms with van der Waals surface area (Å²) in [6.45, 7) is 4.02. The Morgan fingerprint density at radius 1 is 1.24 bits per heavy atom. The van der Waals surface area contributed by atoms with Gasteiger partial charge in [-0.05, 0) is 45.7 Å². The molecule has 1 aromatic carbocycles. The first-order valence-corrected chi connectivity index (χ1v) is 15.3. The molecule has 228 valence electrons.